The summed E-state index contributed by atoms with van der Waals surface area (Å²) in [6.07, 6.45) is 0. The van der Waals surface area contributed by atoms with E-state index in [-0.39, 0.29) is 31.2 Å². The zero-order chi connectivity index (χ0) is 19.6. The molecule has 7 nitrogen and oxygen atoms in total. The second-order valence-electron chi connectivity index (χ2n) is 6.15. The molecule has 1 aromatic heterocycles. The van der Waals surface area contributed by atoms with Gasteiger partial charge in [-0.15, -0.1) is 12.4 Å². The summed E-state index contributed by atoms with van der Waals surface area (Å²) in [5.41, 5.74) is 2.75. The van der Waals surface area contributed by atoms with Gasteiger partial charge in [0.1, 0.15) is 35.1 Å². The van der Waals surface area contributed by atoms with Gasteiger partial charge in [-0.05, 0) is 37.1 Å². The maximum atomic E-state index is 12.7. The number of H-pyrrole nitrogens is 1. The summed E-state index contributed by atoms with van der Waals surface area (Å²) in [5.74, 6) is 2.13. The van der Waals surface area contributed by atoms with Crippen LogP contribution in [0.25, 0.3) is 22.3 Å². The van der Waals surface area contributed by atoms with E-state index in [0.29, 0.717) is 28.2 Å². The van der Waals surface area contributed by atoms with Gasteiger partial charge in [0.2, 0.25) is 0 Å². The fourth-order valence-electron chi connectivity index (χ4n) is 3.09. The Morgan fingerprint density at radius 2 is 1.75 bits per heavy atom. The number of fused-ring (bicyclic) bond motifs is 1. The molecule has 0 spiro atoms. The smallest absolute Gasteiger partial charge is 0.262 e. The molecule has 0 saturated carbocycles. The van der Waals surface area contributed by atoms with E-state index >= 15 is 0 Å². The van der Waals surface area contributed by atoms with E-state index in [4.69, 9.17) is 19.3 Å². The highest BCUT2D eigenvalue weighted by molar-refractivity contribution is 5.87. The van der Waals surface area contributed by atoms with Gasteiger partial charge in [0.15, 0.2) is 0 Å². The Kier molecular flexibility index (Phi) is 6.88. The van der Waals surface area contributed by atoms with Crippen molar-refractivity contribution in [3.05, 3.63) is 45.7 Å². The molecule has 28 heavy (non-hydrogen) atoms. The fraction of sp³-hybridized carbons (Fsp3) is 0.300. The molecule has 0 fully saturated rings. The number of rotatable bonds is 6. The first-order chi connectivity index (χ1) is 13.0. The first kappa shape index (κ1) is 21.5. The lowest BCUT2D eigenvalue weighted by molar-refractivity contribution is 0.200. The normalized spacial score (nSPS) is 10.5. The number of hydrogen-bond donors (Lipinski definition) is 2. The average Bonchev–Trinajstić information content (AvgIpc) is 2.66. The van der Waals surface area contributed by atoms with Gasteiger partial charge in [-0.3, -0.25) is 4.79 Å². The van der Waals surface area contributed by atoms with Crippen LogP contribution in [0.4, 0.5) is 0 Å². The van der Waals surface area contributed by atoms with Gasteiger partial charge in [-0.2, -0.15) is 0 Å². The van der Waals surface area contributed by atoms with E-state index in [1.54, 1.807) is 19.2 Å². The third-order valence-corrected chi connectivity index (χ3v) is 4.27. The van der Waals surface area contributed by atoms with Crippen molar-refractivity contribution in [1.82, 2.24) is 9.97 Å². The van der Waals surface area contributed by atoms with E-state index in [2.05, 4.69) is 9.97 Å². The number of aryl methyl sites for hydroxylation is 2. The number of hydrogen-bond acceptors (Lipinski definition) is 6. The van der Waals surface area contributed by atoms with E-state index in [9.17, 15) is 4.79 Å². The molecule has 2 aromatic carbocycles. The van der Waals surface area contributed by atoms with Crippen LogP contribution in [0, 0.1) is 13.8 Å². The van der Waals surface area contributed by atoms with Crippen molar-refractivity contribution in [3.63, 3.8) is 0 Å². The SMILES string of the molecule is COc1cc(OC)c2c(=O)[nH]c(-c3cc(C)c(OCCO)c(C)c3)nc2c1.Cl. The Balaban J connectivity index is 0.00000280. The van der Waals surface area contributed by atoms with Crippen LogP contribution in [0.15, 0.2) is 29.1 Å². The van der Waals surface area contributed by atoms with Crippen molar-refractivity contribution in [3.8, 4) is 28.6 Å². The standard InChI is InChI=1S/C20H22N2O5.ClH/c1-11-7-13(8-12(2)18(11)27-6-5-23)19-21-15-9-14(25-3)10-16(26-4)17(15)20(24)22-19;/h7-10,23H,5-6H2,1-4H3,(H,21,22,24);1H. The molecule has 3 aromatic rings. The van der Waals surface area contributed by atoms with Gasteiger partial charge in [0, 0.05) is 17.7 Å². The Bertz CT molecular complexity index is 1030. The van der Waals surface area contributed by atoms with Crippen LogP contribution in [0.5, 0.6) is 17.2 Å². The molecule has 0 aliphatic heterocycles. The molecule has 0 aliphatic carbocycles. The third-order valence-electron chi connectivity index (χ3n) is 4.27. The Morgan fingerprint density at radius 1 is 1.07 bits per heavy atom. The lowest BCUT2D eigenvalue weighted by Gasteiger charge is -2.14. The number of aromatic amines is 1. The van der Waals surface area contributed by atoms with Crippen molar-refractivity contribution >= 4 is 23.3 Å². The maximum absolute atomic E-state index is 12.7. The summed E-state index contributed by atoms with van der Waals surface area (Å²) < 4.78 is 16.2. The summed E-state index contributed by atoms with van der Waals surface area (Å²) in [6.45, 7) is 4.00. The topological polar surface area (TPSA) is 93.7 Å². The molecule has 2 N–H and O–H groups in total. The molecule has 0 bridgehead atoms. The van der Waals surface area contributed by atoms with Gasteiger partial charge in [-0.1, -0.05) is 0 Å². The van der Waals surface area contributed by atoms with E-state index < -0.39 is 0 Å². The maximum Gasteiger partial charge on any atom is 0.262 e. The van der Waals surface area contributed by atoms with Crippen LogP contribution in [0.3, 0.4) is 0 Å². The predicted octanol–water partition coefficient (Wildman–Crippen LogP) is 3.02. The minimum Gasteiger partial charge on any atom is -0.497 e. The molecule has 0 radical (unpaired) electrons. The van der Waals surface area contributed by atoms with Gasteiger partial charge in [-0.25, -0.2) is 4.98 Å². The molecule has 0 saturated heterocycles. The monoisotopic (exact) mass is 406 g/mol. The van der Waals surface area contributed by atoms with Crippen molar-refractivity contribution < 1.29 is 19.3 Å². The van der Waals surface area contributed by atoms with Crippen LogP contribution >= 0.6 is 12.4 Å². The second-order valence-corrected chi connectivity index (χ2v) is 6.15. The summed E-state index contributed by atoms with van der Waals surface area (Å²) in [6, 6.07) is 7.14. The Labute approximate surface area is 168 Å². The molecule has 1 heterocycles. The first-order valence-corrected chi connectivity index (χ1v) is 8.49. The summed E-state index contributed by atoms with van der Waals surface area (Å²) in [5, 5.41) is 9.34. The Morgan fingerprint density at radius 3 is 2.32 bits per heavy atom. The number of halogens is 1. The quantitative estimate of drug-likeness (QED) is 0.653. The first-order valence-electron chi connectivity index (χ1n) is 8.49. The highest BCUT2D eigenvalue weighted by Gasteiger charge is 2.14. The number of nitrogens with one attached hydrogen (secondary N) is 1. The van der Waals surface area contributed by atoms with Crippen molar-refractivity contribution in [2.45, 2.75) is 13.8 Å². The predicted molar refractivity (Wildman–Crippen MR) is 110 cm³/mol. The third kappa shape index (κ3) is 4.05. The average molecular weight is 407 g/mol. The molecular weight excluding hydrogens is 384 g/mol. The number of methoxy groups -OCH3 is 2. The van der Waals surface area contributed by atoms with Crippen LogP contribution in [-0.2, 0) is 0 Å². The van der Waals surface area contributed by atoms with Crippen LogP contribution < -0.4 is 19.8 Å². The number of aliphatic hydroxyl groups is 1. The largest absolute Gasteiger partial charge is 0.497 e. The summed E-state index contributed by atoms with van der Waals surface area (Å²) >= 11 is 0. The van der Waals surface area contributed by atoms with Crippen LogP contribution in [-0.4, -0.2) is 42.5 Å². The minimum atomic E-state index is -0.287. The number of benzene rings is 2. The van der Waals surface area contributed by atoms with E-state index in [1.807, 2.05) is 26.0 Å². The molecule has 0 aliphatic rings. The van der Waals surface area contributed by atoms with E-state index in [0.717, 1.165) is 22.4 Å². The molecular formula is C20H23ClN2O5. The number of aliphatic hydroxyl groups excluding tert-OH is 1. The molecule has 8 heteroatoms. The lowest BCUT2D eigenvalue weighted by atomic mass is 10.0. The van der Waals surface area contributed by atoms with Gasteiger partial charge >= 0.3 is 0 Å². The van der Waals surface area contributed by atoms with Gasteiger partial charge < -0.3 is 24.3 Å². The van der Waals surface area contributed by atoms with Crippen LogP contribution in [0.2, 0.25) is 0 Å². The molecule has 0 unspecified atom stereocenters. The van der Waals surface area contributed by atoms with E-state index in [1.165, 1.54) is 7.11 Å². The zero-order valence-corrected chi connectivity index (χ0v) is 17.0. The van der Waals surface area contributed by atoms with Crippen molar-refractivity contribution in [1.29, 1.82) is 0 Å². The lowest BCUT2D eigenvalue weighted by Crippen LogP contribution is -2.11. The van der Waals surface area contributed by atoms with Crippen molar-refractivity contribution in [2.75, 3.05) is 27.4 Å². The summed E-state index contributed by atoms with van der Waals surface area (Å²) in [7, 11) is 3.05. The highest BCUT2D eigenvalue weighted by Crippen LogP contribution is 2.31. The fourth-order valence-corrected chi connectivity index (χ4v) is 3.09. The van der Waals surface area contributed by atoms with Crippen LogP contribution in [0.1, 0.15) is 11.1 Å². The molecule has 0 atom stereocenters. The number of aromatic nitrogens is 2. The van der Waals surface area contributed by atoms with Gasteiger partial charge in [0.05, 0.1) is 26.3 Å². The van der Waals surface area contributed by atoms with Gasteiger partial charge in [0.25, 0.3) is 5.56 Å². The minimum absolute atomic E-state index is 0. The van der Waals surface area contributed by atoms with Crippen molar-refractivity contribution in [2.24, 2.45) is 0 Å². The molecule has 3 rings (SSSR count). The number of nitrogens with zero attached hydrogens (tertiary/aromatic N) is 1. The Hall–Kier alpha value is -2.77. The summed E-state index contributed by atoms with van der Waals surface area (Å²) in [4.78, 5) is 20.1. The zero-order valence-electron chi connectivity index (χ0n) is 16.2. The molecule has 0 amide bonds. The molecule has 150 valence electrons. The second kappa shape index (κ2) is 8.95. The number of ether oxygens (including phenoxy) is 3. The highest BCUT2D eigenvalue weighted by atomic mass is 35.5.